The maximum absolute atomic E-state index is 13.7. The fourth-order valence-electron chi connectivity index (χ4n) is 1.77. The highest BCUT2D eigenvalue weighted by Crippen LogP contribution is 2.23. The summed E-state index contributed by atoms with van der Waals surface area (Å²) in [4.78, 5) is 0.357. The number of thiophene rings is 1. The van der Waals surface area contributed by atoms with Crippen molar-refractivity contribution in [1.29, 1.82) is 0 Å². The van der Waals surface area contributed by atoms with Gasteiger partial charge in [-0.3, -0.25) is 0 Å². The van der Waals surface area contributed by atoms with Crippen molar-refractivity contribution in [1.82, 2.24) is 4.31 Å². The molecule has 0 saturated carbocycles. The number of sulfonamides is 1. The molecule has 0 radical (unpaired) electrons. The third-order valence-electron chi connectivity index (χ3n) is 2.78. The number of halogens is 2. The zero-order valence-corrected chi connectivity index (χ0v) is 12.3. The lowest BCUT2D eigenvalue weighted by Crippen LogP contribution is -2.30. The maximum atomic E-state index is 13.7. The smallest absolute Gasteiger partial charge is 0.207 e. The van der Waals surface area contributed by atoms with Gasteiger partial charge in [-0.05, 0) is 23.6 Å². The number of benzene rings is 1. The summed E-state index contributed by atoms with van der Waals surface area (Å²) in [6.45, 7) is 2.05. The Morgan fingerprint density at radius 3 is 2.55 bits per heavy atom. The Hall–Kier alpha value is -1.31. The largest absolute Gasteiger partial charge is 0.246 e. The van der Waals surface area contributed by atoms with E-state index in [1.165, 1.54) is 11.3 Å². The molecule has 1 aromatic heterocycles. The summed E-state index contributed by atoms with van der Waals surface area (Å²) in [6.07, 6.45) is 0. The van der Waals surface area contributed by atoms with E-state index in [0.717, 1.165) is 21.3 Å². The van der Waals surface area contributed by atoms with E-state index in [-0.39, 0.29) is 13.1 Å². The third-order valence-corrected chi connectivity index (χ3v) is 5.59. The first kappa shape index (κ1) is 15.1. The van der Waals surface area contributed by atoms with Crippen LogP contribution in [0.25, 0.3) is 0 Å². The summed E-state index contributed by atoms with van der Waals surface area (Å²) >= 11 is 1.42. The Morgan fingerprint density at radius 2 is 2.00 bits per heavy atom. The van der Waals surface area contributed by atoms with E-state index in [1.807, 2.05) is 17.5 Å². The normalized spacial score (nSPS) is 12.0. The zero-order valence-electron chi connectivity index (χ0n) is 10.7. The van der Waals surface area contributed by atoms with Gasteiger partial charge >= 0.3 is 0 Å². The lowest BCUT2D eigenvalue weighted by Gasteiger charge is -2.20. The molecule has 0 atom stereocenters. The van der Waals surface area contributed by atoms with Crippen LogP contribution in [0, 0.1) is 11.6 Å². The molecule has 108 valence electrons. The quantitative estimate of drug-likeness (QED) is 0.849. The van der Waals surface area contributed by atoms with Gasteiger partial charge in [0.1, 0.15) is 16.5 Å². The van der Waals surface area contributed by atoms with Crippen LogP contribution in [0.1, 0.15) is 11.8 Å². The van der Waals surface area contributed by atoms with Crippen LogP contribution in [0.2, 0.25) is 0 Å². The molecule has 7 heteroatoms. The highest BCUT2D eigenvalue weighted by Gasteiger charge is 2.26. The van der Waals surface area contributed by atoms with Gasteiger partial charge in [0.2, 0.25) is 10.0 Å². The van der Waals surface area contributed by atoms with Crippen LogP contribution in [-0.4, -0.2) is 19.3 Å². The van der Waals surface area contributed by atoms with Crippen molar-refractivity contribution >= 4 is 21.4 Å². The van der Waals surface area contributed by atoms with Gasteiger partial charge in [-0.2, -0.15) is 4.31 Å². The zero-order chi connectivity index (χ0) is 14.8. The van der Waals surface area contributed by atoms with E-state index < -0.39 is 26.6 Å². The van der Waals surface area contributed by atoms with E-state index in [2.05, 4.69) is 0 Å². The van der Waals surface area contributed by atoms with Gasteiger partial charge in [-0.15, -0.1) is 11.3 Å². The molecule has 0 unspecified atom stereocenters. The van der Waals surface area contributed by atoms with Crippen LogP contribution < -0.4 is 0 Å². The predicted molar refractivity (Wildman–Crippen MR) is 73.9 cm³/mol. The van der Waals surface area contributed by atoms with Crippen LogP contribution in [0.3, 0.4) is 0 Å². The summed E-state index contributed by atoms with van der Waals surface area (Å²) in [7, 11) is -3.98. The second-order valence-electron chi connectivity index (χ2n) is 4.09. The summed E-state index contributed by atoms with van der Waals surface area (Å²) in [5.74, 6) is -1.88. The number of nitrogens with zero attached hydrogens (tertiary/aromatic N) is 1. The van der Waals surface area contributed by atoms with Crippen molar-refractivity contribution in [2.24, 2.45) is 0 Å². The van der Waals surface area contributed by atoms with E-state index in [9.17, 15) is 17.2 Å². The first-order chi connectivity index (χ1) is 9.45. The lowest BCUT2D eigenvalue weighted by molar-refractivity contribution is 0.421. The molecule has 0 bridgehead atoms. The van der Waals surface area contributed by atoms with Crippen LogP contribution >= 0.6 is 11.3 Å². The van der Waals surface area contributed by atoms with Crippen LogP contribution in [-0.2, 0) is 16.6 Å². The monoisotopic (exact) mass is 317 g/mol. The molecule has 0 aliphatic rings. The molecule has 2 aromatic rings. The molecular formula is C13H13F2NO2S2. The first-order valence-electron chi connectivity index (χ1n) is 5.92. The Morgan fingerprint density at radius 1 is 1.25 bits per heavy atom. The maximum Gasteiger partial charge on any atom is 0.246 e. The number of hydrogen-bond acceptors (Lipinski definition) is 3. The second kappa shape index (κ2) is 5.99. The Labute approximate surface area is 120 Å². The first-order valence-corrected chi connectivity index (χ1v) is 8.24. The lowest BCUT2D eigenvalue weighted by atomic mass is 10.3. The van der Waals surface area contributed by atoms with Crippen molar-refractivity contribution in [3.05, 3.63) is 52.2 Å². The molecular weight excluding hydrogens is 304 g/mol. The van der Waals surface area contributed by atoms with Gasteiger partial charge in [-0.1, -0.05) is 13.0 Å². The molecule has 0 aliphatic heterocycles. The summed E-state index contributed by atoms with van der Waals surface area (Å²) in [5.41, 5.74) is 0. The van der Waals surface area contributed by atoms with E-state index in [4.69, 9.17) is 0 Å². The topological polar surface area (TPSA) is 37.4 Å². The molecule has 1 aromatic carbocycles. The molecule has 0 aliphatic carbocycles. The molecule has 0 N–H and O–H groups in total. The van der Waals surface area contributed by atoms with E-state index in [0.29, 0.717) is 6.07 Å². The molecule has 2 rings (SSSR count). The van der Waals surface area contributed by atoms with Crippen molar-refractivity contribution in [3.8, 4) is 0 Å². The van der Waals surface area contributed by atoms with Crippen molar-refractivity contribution in [2.45, 2.75) is 18.4 Å². The fourth-order valence-corrected chi connectivity index (χ4v) is 4.04. The van der Waals surface area contributed by atoms with Gasteiger partial charge < -0.3 is 0 Å². The Balaban J connectivity index is 2.36. The van der Waals surface area contributed by atoms with Crippen molar-refractivity contribution < 1.29 is 17.2 Å². The minimum atomic E-state index is -3.98. The van der Waals surface area contributed by atoms with Crippen molar-refractivity contribution in [2.75, 3.05) is 6.54 Å². The minimum Gasteiger partial charge on any atom is -0.207 e. The van der Waals surface area contributed by atoms with Gasteiger partial charge in [-0.25, -0.2) is 17.2 Å². The van der Waals surface area contributed by atoms with Crippen LogP contribution in [0.5, 0.6) is 0 Å². The molecule has 0 saturated heterocycles. The van der Waals surface area contributed by atoms with Crippen LogP contribution in [0.15, 0.2) is 40.6 Å². The molecule has 0 fully saturated rings. The van der Waals surface area contributed by atoms with Gasteiger partial charge in [0.15, 0.2) is 0 Å². The standard InChI is InChI=1S/C13H13F2NO2S2/c1-2-16(9-11-4-3-7-19-11)20(17,18)13-6-5-10(14)8-12(13)15/h3-8H,2,9H2,1H3. The molecule has 3 nitrogen and oxygen atoms in total. The highest BCUT2D eigenvalue weighted by atomic mass is 32.2. The van der Waals surface area contributed by atoms with E-state index >= 15 is 0 Å². The van der Waals surface area contributed by atoms with Gasteiger partial charge in [0, 0.05) is 24.0 Å². The predicted octanol–water partition coefficient (Wildman–Crippen LogP) is 3.24. The summed E-state index contributed by atoms with van der Waals surface area (Å²) in [5, 5.41) is 1.84. The fraction of sp³-hybridized carbons (Fsp3) is 0.231. The highest BCUT2D eigenvalue weighted by molar-refractivity contribution is 7.89. The molecule has 0 amide bonds. The average Bonchev–Trinajstić information content (AvgIpc) is 2.88. The third kappa shape index (κ3) is 3.05. The molecule has 0 spiro atoms. The van der Waals surface area contributed by atoms with E-state index in [1.54, 1.807) is 6.92 Å². The minimum absolute atomic E-state index is 0.174. The average molecular weight is 317 g/mol. The Kier molecular flexibility index (Phi) is 4.52. The summed E-state index contributed by atoms with van der Waals surface area (Å²) < 4.78 is 52.5. The van der Waals surface area contributed by atoms with Crippen LogP contribution in [0.4, 0.5) is 8.78 Å². The molecule has 1 heterocycles. The Bertz CT molecular complexity index is 684. The number of hydrogen-bond donors (Lipinski definition) is 0. The second-order valence-corrected chi connectivity index (χ2v) is 7.02. The summed E-state index contributed by atoms with van der Waals surface area (Å²) in [6, 6.07) is 6.10. The van der Waals surface area contributed by atoms with Gasteiger partial charge in [0.25, 0.3) is 0 Å². The van der Waals surface area contributed by atoms with Crippen molar-refractivity contribution in [3.63, 3.8) is 0 Å². The number of rotatable bonds is 5. The SMILES string of the molecule is CCN(Cc1cccs1)S(=O)(=O)c1ccc(F)cc1F. The molecule has 20 heavy (non-hydrogen) atoms. The van der Waals surface area contributed by atoms with Gasteiger partial charge in [0.05, 0.1) is 0 Å².